The summed E-state index contributed by atoms with van der Waals surface area (Å²) in [6.45, 7) is -4.16. The van der Waals surface area contributed by atoms with Crippen LogP contribution in [-0.2, 0) is 24.0 Å². The van der Waals surface area contributed by atoms with E-state index in [0.717, 1.165) is 9.80 Å². The van der Waals surface area contributed by atoms with E-state index in [2.05, 4.69) is 0 Å². The second kappa shape index (κ2) is 27.0. The molecule has 2 N–H and O–H groups in total. The van der Waals surface area contributed by atoms with Gasteiger partial charge in [0.1, 0.15) is 0 Å². The molecular formula is C14H20CaN3Na3O11. The van der Waals surface area contributed by atoms with E-state index >= 15 is 0 Å². The van der Waals surface area contributed by atoms with E-state index < -0.39 is 62.6 Å². The second-order valence-electron chi connectivity index (χ2n) is 5.56. The minimum absolute atomic E-state index is 0. The number of nitrogens with zero attached hydrogens (tertiary/aromatic N) is 3. The van der Waals surface area contributed by atoms with Crippen LogP contribution in [0, 0.1) is 0 Å². The smallest absolute Gasteiger partial charge is 0.549 e. The molecule has 0 amide bonds. The summed E-state index contributed by atoms with van der Waals surface area (Å²) in [5, 5.41) is 53.3. The fourth-order valence-corrected chi connectivity index (χ4v) is 2.18. The van der Waals surface area contributed by atoms with Crippen LogP contribution in [0.3, 0.4) is 0 Å². The molecule has 162 valence electrons. The number of carboxylic acid groups (broad SMARTS) is 5. The third-order valence-corrected chi connectivity index (χ3v) is 3.23. The van der Waals surface area contributed by atoms with Crippen LogP contribution in [0.2, 0.25) is 0 Å². The number of carbonyl (C=O) groups excluding carboxylic acids is 5. The van der Waals surface area contributed by atoms with Gasteiger partial charge in [-0.25, -0.2) is 0 Å². The summed E-state index contributed by atoms with van der Waals surface area (Å²) in [5.74, 6) is -7.67. The number of hydrogen-bond donors (Lipinski definition) is 0. The Morgan fingerprint density at radius 2 is 0.594 bits per heavy atom. The van der Waals surface area contributed by atoms with Crippen molar-refractivity contribution in [2.45, 2.75) is 0 Å². The molecule has 18 heteroatoms. The zero-order valence-electron chi connectivity index (χ0n) is 18.5. The zero-order chi connectivity index (χ0) is 21.0. The first-order chi connectivity index (χ1) is 12.5. The first-order valence-electron chi connectivity index (χ1n) is 7.66. The summed E-state index contributed by atoms with van der Waals surface area (Å²) in [6.07, 6.45) is 0. The Morgan fingerprint density at radius 1 is 0.438 bits per heavy atom. The largest absolute Gasteiger partial charge is 2.00 e. The van der Waals surface area contributed by atoms with Crippen molar-refractivity contribution in [2.75, 3.05) is 58.9 Å². The van der Waals surface area contributed by atoms with Gasteiger partial charge < -0.3 is 55.0 Å². The van der Waals surface area contributed by atoms with Gasteiger partial charge in [0.05, 0.1) is 29.8 Å². The Bertz CT molecular complexity index is 503. The first-order valence-corrected chi connectivity index (χ1v) is 7.66. The molecule has 0 aromatic rings. The number of aliphatic carboxylic acids is 5. The molecule has 0 atom stereocenters. The van der Waals surface area contributed by atoms with Gasteiger partial charge in [-0.1, -0.05) is 0 Å². The van der Waals surface area contributed by atoms with Crippen molar-refractivity contribution in [3.8, 4) is 0 Å². The topological polar surface area (TPSA) is 242 Å². The zero-order valence-corrected chi connectivity index (χ0v) is 26.7. The van der Waals surface area contributed by atoms with E-state index in [4.69, 9.17) is 0 Å². The Kier molecular flexibility index (Phi) is 39.5. The van der Waals surface area contributed by atoms with Crippen molar-refractivity contribution in [3.05, 3.63) is 0 Å². The number of rotatable bonds is 16. The Morgan fingerprint density at radius 3 is 0.781 bits per heavy atom. The van der Waals surface area contributed by atoms with Crippen molar-refractivity contribution < 1.29 is 144 Å². The van der Waals surface area contributed by atoms with Crippen LogP contribution < -0.4 is 114 Å². The van der Waals surface area contributed by atoms with Crippen LogP contribution in [0.1, 0.15) is 0 Å². The van der Waals surface area contributed by atoms with Crippen LogP contribution in [0.5, 0.6) is 0 Å². The molecule has 0 aliphatic rings. The molecule has 0 spiro atoms. The van der Waals surface area contributed by atoms with E-state index in [9.17, 15) is 49.5 Å². The molecule has 0 heterocycles. The van der Waals surface area contributed by atoms with Crippen LogP contribution in [0.4, 0.5) is 0 Å². The van der Waals surface area contributed by atoms with E-state index in [0.29, 0.717) is 0 Å². The van der Waals surface area contributed by atoms with Gasteiger partial charge in [-0.05, 0) is 0 Å². The van der Waals surface area contributed by atoms with Gasteiger partial charge in [-0.15, -0.1) is 0 Å². The van der Waals surface area contributed by atoms with Crippen molar-refractivity contribution in [1.29, 1.82) is 0 Å². The SMILES string of the molecule is O.O=C([O-])CN(CCN(CC(=O)[O-])CC(=O)[O-])CCN(CC(=O)[O-])CC(=O)[O-].[Ca+2].[Na+].[Na+].[Na+]. The Labute approximate surface area is 280 Å². The molecule has 0 aliphatic carbocycles. The van der Waals surface area contributed by atoms with Gasteiger partial charge in [-0.3, -0.25) is 14.7 Å². The van der Waals surface area contributed by atoms with Crippen LogP contribution in [0.15, 0.2) is 0 Å². The number of carboxylic acids is 5. The van der Waals surface area contributed by atoms with E-state index in [1.165, 1.54) is 4.90 Å². The molecule has 0 radical (unpaired) electrons. The molecule has 0 aromatic heterocycles. The van der Waals surface area contributed by atoms with Gasteiger partial charge >= 0.3 is 126 Å². The van der Waals surface area contributed by atoms with Crippen LogP contribution >= 0.6 is 0 Å². The maximum atomic E-state index is 10.8. The average molecular weight is 515 g/mol. The fourth-order valence-electron chi connectivity index (χ4n) is 2.18. The van der Waals surface area contributed by atoms with E-state index in [-0.39, 0.29) is 158 Å². The Hall–Kier alpha value is 1.45. The van der Waals surface area contributed by atoms with Gasteiger partial charge in [0, 0.05) is 58.9 Å². The normalized spacial score (nSPS) is 9.34. The average Bonchev–Trinajstić information content (AvgIpc) is 2.46. The van der Waals surface area contributed by atoms with Gasteiger partial charge in [0.2, 0.25) is 0 Å². The summed E-state index contributed by atoms with van der Waals surface area (Å²) in [7, 11) is 0. The molecule has 0 saturated heterocycles. The van der Waals surface area contributed by atoms with Gasteiger partial charge in [0.25, 0.3) is 0 Å². The first kappa shape index (κ1) is 46.7. The third kappa shape index (κ3) is 29.5. The second-order valence-corrected chi connectivity index (χ2v) is 5.56. The van der Waals surface area contributed by atoms with E-state index in [1.807, 2.05) is 0 Å². The van der Waals surface area contributed by atoms with Crippen molar-refractivity contribution in [1.82, 2.24) is 14.7 Å². The standard InChI is InChI=1S/C14H23N3O10.Ca.3Na.H2O/c18-10(19)5-15(1-3-16(6-11(20)21)7-12(22)23)2-4-17(8-13(24)25)9-14(26)27;;;;;/h1-9H2,(H,18,19)(H,20,21)(H,22,23)(H,24,25)(H,26,27);;;;;1H2/q;+2;3*+1;/p-5. The van der Waals surface area contributed by atoms with Gasteiger partial charge in [-0.2, -0.15) is 0 Å². The summed E-state index contributed by atoms with van der Waals surface area (Å²) >= 11 is 0. The molecule has 0 saturated carbocycles. The molecule has 0 aliphatic heterocycles. The summed E-state index contributed by atoms with van der Waals surface area (Å²) < 4.78 is 0. The fraction of sp³-hybridized carbons (Fsp3) is 0.643. The molecule has 0 aromatic carbocycles. The van der Waals surface area contributed by atoms with E-state index in [1.54, 1.807) is 0 Å². The molecule has 0 rings (SSSR count). The predicted molar refractivity (Wildman–Crippen MR) is 83.7 cm³/mol. The maximum absolute atomic E-state index is 10.8. The molecule has 0 unspecified atom stereocenters. The van der Waals surface area contributed by atoms with Crippen molar-refractivity contribution >= 4 is 67.6 Å². The quantitative estimate of drug-likeness (QED) is 0.174. The summed E-state index contributed by atoms with van der Waals surface area (Å²) in [4.78, 5) is 56.4. The third-order valence-electron chi connectivity index (χ3n) is 3.23. The van der Waals surface area contributed by atoms with Crippen LogP contribution in [-0.4, -0.2) is 147 Å². The predicted octanol–water partition coefficient (Wildman–Crippen LogP) is -19.6. The van der Waals surface area contributed by atoms with Crippen molar-refractivity contribution in [2.24, 2.45) is 0 Å². The van der Waals surface area contributed by atoms with Crippen LogP contribution in [0.25, 0.3) is 0 Å². The molecular weight excluding hydrogens is 495 g/mol. The molecule has 14 nitrogen and oxygen atoms in total. The van der Waals surface area contributed by atoms with Gasteiger partial charge in [0.15, 0.2) is 0 Å². The molecule has 32 heavy (non-hydrogen) atoms. The number of carbonyl (C=O) groups is 5. The minimum atomic E-state index is -1.54. The maximum Gasteiger partial charge on any atom is 2.00 e. The molecule has 0 fully saturated rings. The summed E-state index contributed by atoms with van der Waals surface area (Å²) in [5.41, 5.74) is 0. The number of hydrogen-bond acceptors (Lipinski definition) is 13. The molecule has 0 bridgehead atoms. The minimum Gasteiger partial charge on any atom is -0.549 e. The Balaban J connectivity index is -0.000000338. The monoisotopic (exact) mass is 515 g/mol. The summed E-state index contributed by atoms with van der Waals surface area (Å²) in [6, 6.07) is 0. The van der Waals surface area contributed by atoms with Crippen molar-refractivity contribution in [3.63, 3.8) is 0 Å².